The monoisotopic (exact) mass is 730 g/mol. The largest absolute Gasteiger partial charge is 0.506 e. The molecule has 0 saturated heterocycles. The van der Waals surface area contributed by atoms with Gasteiger partial charge >= 0.3 is 5.91 Å². The van der Waals surface area contributed by atoms with E-state index in [9.17, 15) is 29.9 Å². The van der Waals surface area contributed by atoms with Gasteiger partial charge in [-0.2, -0.15) is 19.9 Å². The summed E-state index contributed by atoms with van der Waals surface area (Å²) in [5.41, 5.74) is 1.58. The fourth-order valence-electron chi connectivity index (χ4n) is 4.35. The number of aryl methyl sites for hydroxylation is 1. The van der Waals surface area contributed by atoms with E-state index in [2.05, 4.69) is 30.6 Å². The SMILES string of the molecule is CC1=NN(c2ccccc2)C(=O)C1=NN=C1C=C(N(O)O)C=CC1=O.Cc1nn(-c2ccccc2)c(O)c1N=Nc1cc([N+](=O)[O-])ccc1O.[Cr]. The number of hydrogen-bond donors (Lipinski definition) is 4. The number of hydroxylamine groups is 2. The molecule has 1 amide bonds. The first-order valence-corrected chi connectivity index (χ1v) is 14.4. The number of anilines is 1. The second kappa shape index (κ2) is 16.2. The van der Waals surface area contributed by atoms with E-state index >= 15 is 0 Å². The number of hydrazone groups is 1. The number of azo groups is 1. The van der Waals surface area contributed by atoms with Gasteiger partial charge in [0.05, 0.1) is 33.4 Å². The Labute approximate surface area is 298 Å². The van der Waals surface area contributed by atoms with E-state index in [0.717, 1.165) is 30.4 Å². The average molecular weight is 731 g/mol. The summed E-state index contributed by atoms with van der Waals surface area (Å²) in [6, 6.07) is 21.2. The van der Waals surface area contributed by atoms with E-state index in [1.165, 1.54) is 15.8 Å². The molecule has 0 saturated carbocycles. The second-order valence-corrected chi connectivity index (χ2v) is 10.3. The minimum Gasteiger partial charge on any atom is -0.506 e. The molecule has 0 spiro atoms. The number of nitro benzene ring substituents is 1. The number of amides is 1. The maximum Gasteiger partial charge on any atom is 0.301 e. The Morgan fingerprint density at radius 2 is 1.51 bits per heavy atom. The van der Waals surface area contributed by atoms with Crippen LogP contribution in [0.25, 0.3) is 5.69 Å². The van der Waals surface area contributed by atoms with Gasteiger partial charge in [0.25, 0.3) is 5.69 Å². The molecule has 6 rings (SSSR count). The summed E-state index contributed by atoms with van der Waals surface area (Å²) in [5, 5.41) is 73.6. The number of nitrogens with zero attached hydrogens (tertiary/aromatic N) is 10. The topological polar surface area (TPSA) is 244 Å². The van der Waals surface area contributed by atoms with Crippen LogP contribution in [0.15, 0.2) is 128 Å². The first-order chi connectivity index (χ1) is 23.9. The van der Waals surface area contributed by atoms with E-state index in [-0.39, 0.29) is 68.4 Å². The van der Waals surface area contributed by atoms with Gasteiger partial charge in [-0.3, -0.25) is 30.1 Å². The molecule has 18 nitrogen and oxygen atoms in total. The zero-order valence-electron chi connectivity index (χ0n) is 26.5. The number of aromatic hydroxyl groups is 2. The van der Waals surface area contributed by atoms with Crippen LogP contribution in [0.4, 0.5) is 22.7 Å². The molecule has 0 fully saturated rings. The number of carbonyl (C=O) groups excluding carboxylic acids is 2. The van der Waals surface area contributed by atoms with Crippen molar-refractivity contribution < 1.29 is 52.5 Å². The van der Waals surface area contributed by atoms with E-state index in [1.54, 1.807) is 62.4 Å². The minimum absolute atomic E-state index is 0. The Kier molecular flexibility index (Phi) is 11.8. The van der Waals surface area contributed by atoms with E-state index < -0.39 is 16.6 Å². The summed E-state index contributed by atoms with van der Waals surface area (Å²) in [5.74, 6) is -1.43. The normalized spacial score (nSPS) is 15.4. The number of rotatable bonds is 7. The van der Waals surface area contributed by atoms with Crippen molar-refractivity contribution in [2.75, 3.05) is 5.01 Å². The molecule has 4 N–H and O–H groups in total. The van der Waals surface area contributed by atoms with Crippen molar-refractivity contribution in [2.24, 2.45) is 25.5 Å². The number of benzene rings is 3. The summed E-state index contributed by atoms with van der Waals surface area (Å²) in [6.45, 7) is 3.24. The van der Waals surface area contributed by atoms with Crippen molar-refractivity contribution in [3.05, 3.63) is 119 Å². The van der Waals surface area contributed by atoms with Crippen LogP contribution in [-0.2, 0) is 27.0 Å². The van der Waals surface area contributed by atoms with Gasteiger partial charge in [0.15, 0.2) is 11.4 Å². The van der Waals surface area contributed by atoms with Gasteiger partial charge in [-0.05, 0) is 62.4 Å². The molecule has 3 aromatic carbocycles. The number of hydrogen-bond acceptors (Lipinski definition) is 15. The van der Waals surface area contributed by atoms with Crippen molar-refractivity contribution in [3.63, 3.8) is 0 Å². The van der Waals surface area contributed by atoms with E-state index in [1.807, 2.05) is 12.1 Å². The van der Waals surface area contributed by atoms with E-state index in [4.69, 9.17) is 10.4 Å². The Bertz CT molecular complexity index is 2160. The molecule has 0 unspecified atom stereocenters. The predicted octanol–water partition coefficient (Wildman–Crippen LogP) is 5.22. The molecule has 1 aromatic heterocycles. The smallest absolute Gasteiger partial charge is 0.301 e. The standard InChI is InChI=1S/2C16H13N5O4.Cr/c2*1-10-15(16(23)20(19-10)11-5-3-2-4-6-11)18-17-13-9-12(21(24)25)7-8-14(13)22;/h2-9,24-25H,1H3;2-9,22-23H,1H3;. The first kappa shape index (κ1) is 37.2. The fourth-order valence-corrected chi connectivity index (χ4v) is 4.35. The third-order valence-corrected chi connectivity index (χ3v) is 6.85. The Morgan fingerprint density at radius 3 is 2.14 bits per heavy atom. The quantitative estimate of drug-likeness (QED) is 0.0835. The van der Waals surface area contributed by atoms with Crippen LogP contribution >= 0.6 is 0 Å². The molecule has 51 heavy (non-hydrogen) atoms. The van der Waals surface area contributed by atoms with Gasteiger partial charge in [0.2, 0.25) is 11.7 Å². The van der Waals surface area contributed by atoms with Crippen molar-refractivity contribution in [3.8, 4) is 17.3 Å². The van der Waals surface area contributed by atoms with Crippen LogP contribution in [0.1, 0.15) is 12.6 Å². The van der Waals surface area contributed by atoms with Crippen LogP contribution in [0.3, 0.4) is 0 Å². The number of non-ortho nitro benzene ring substituents is 1. The summed E-state index contributed by atoms with van der Waals surface area (Å²) in [7, 11) is 0. The van der Waals surface area contributed by atoms with Crippen LogP contribution in [-0.4, -0.2) is 69.4 Å². The maximum atomic E-state index is 12.5. The number of phenolic OH excluding ortho intramolecular Hbond substituents is 1. The van der Waals surface area contributed by atoms with Crippen molar-refractivity contribution in [1.29, 1.82) is 0 Å². The number of nitro groups is 1. The van der Waals surface area contributed by atoms with Gasteiger partial charge in [0.1, 0.15) is 17.1 Å². The summed E-state index contributed by atoms with van der Waals surface area (Å²) < 4.78 is 1.30. The third-order valence-electron chi connectivity index (χ3n) is 6.85. The molecule has 1 aliphatic heterocycles. The van der Waals surface area contributed by atoms with Crippen LogP contribution in [0.2, 0.25) is 0 Å². The fraction of sp³-hybridized carbons (Fsp3) is 0.0625. The molecule has 0 bridgehead atoms. The minimum atomic E-state index is -0.603. The van der Waals surface area contributed by atoms with Crippen LogP contribution < -0.4 is 5.01 Å². The van der Waals surface area contributed by atoms with Crippen LogP contribution in [0.5, 0.6) is 11.6 Å². The van der Waals surface area contributed by atoms with Gasteiger partial charge in [-0.15, -0.1) is 25.7 Å². The number of carbonyl (C=O) groups is 2. The molecule has 0 radical (unpaired) electrons. The zero-order chi connectivity index (χ0) is 35.9. The predicted molar refractivity (Wildman–Crippen MR) is 178 cm³/mol. The number of allylic oxidation sites excluding steroid dienone is 3. The molecule has 0 atom stereocenters. The van der Waals surface area contributed by atoms with Gasteiger partial charge in [-0.25, -0.2) is 0 Å². The average Bonchev–Trinajstić information content (AvgIpc) is 3.56. The number of para-hydroxylation sites is 2. The summed E-state index contributed by atoms with van der Waals surface area (Å²) in [4.78, 5) is 34.4. The zero-order valence-corrected chi connectivity index (χ0v) is 27.8. The van der Waals surface area contributed by atoms with Gasteiger partial charge < -0.3 is 10.2 Å². The molecule has 2 aliphatic rings. The summed E-state index contributed by atoms with van der Waals surface area (Å²) in [6.07, 6.45) is 3.45. The molecular weight excluding hydrogens is 704 g/mol. The maximum absolute atomic E-state index is 12.5. The first-order valence-electron chi connectivity index (χ1n) is 14.4. The Hall–Kier alpha value is -6.65. The molecule has 4 aromatic rings. The number of ketones is 1. The molecule has 1 aliphatic carbocycles. The number of phenols is 1. The van der Waals surface area contributed by atoms with E-state index in [0.29, 0.717) is 22.8 Å². The Balaban J connectivity index is 0.000000224. The van der Waals surface area contributed by atoms with Crippen molar-refractivity contribution in [2.45, 2.75) is 13.8 Å². The second-order valence-electron chi connectivity index (χ2n) is 10.3. The van der Waals surface area contributed by atoms with Crippen LogP contribution in [0, 0.1) is 17.0 Å². The molecule has 19 heteroatoms. The third kappa shape index (κ3) is 8.51. The van der Waals surface area contributed by atoms with Gasteiger partial charge in [0, 0.05) is 29.5 Å². The van der Waals surface area contributed by atoms with Crippen molar-refractivity contribution >= 4 is 51.6 Å². The summed E-state index contributed by atoms with van der Waals surface area (Å²) >= 11 is 0. The Morgan fingerprint density at radius 1 is 0.863 bits per heavy atom. The number of aromatic nitrogens is 2. The van der Waals surface area contributed by atoms with Crippen molar-refractivity contribution in [1.82, 2.24) is 15.0 Å². The molecular formula is C32H26CrN10O8. The van der Waals surface area contributed by atoms with Gasteiger partial charge in [-0.1, -0.05) is 36.4 Å². The molecule has 258 valence electrons. The molecule has 2 heterocycles.